The van der Waals surface area contributed by atoms with Crippen LogP contribution in [0.3, 0.4) is 0 Å². The molecule has 0 heterocycles. The quantitative estimate of drug-likeness (QED) is 0.0158. The zero-order valence-corrected chi connectivity index (χ0v) is 63.0. The second kappa shape index (κ2) is 69.7. The summed E-state index contributed by atoms with van der Waals surface area (Å²) in [4.78, 5) is 3.21. The Bertz CT molecular complexity index is 1830. The van der Waals surface area contributed by atoms with Gasteiger partial charge in [0, 0.05) is 0 Å². The third-order valence-electron chi connectivity index (χ3n) is 19.2. The molecule has 0 aromatic heterocycles. The molecule has 0 saturated carbocycles. The third-order valence-corrected chi connectivity index (χ3v) is 20.6. The summed E-state index contributed by atoms with van der Waals surface area (Å²) >= 11 is 2.05. The first-order valence-electron chi connectivity index (χ1n) is 40.8. The van der Waals surface area contributed by atoms with Crippen LogP contribution in [-0.4, -0.2) is 10.7 Å². The van der Waals surface area contributed by atoms with Crippen LogP contribution < -0.4 is 0 Å². The summed E-state index contributed by atoms with van der Waals surface area (Å²) in [6, 6.07) is 14.5. The molecule has 0 N–H and O–H groups in total. The molecule has 0 spiro atoms. The molecule has 2 nitrogen and oxygen atoms in total. The van der Waals surface area contributed by atoms with E-state index in [0.717, 1.165) is 31.3 Å². The summed E-state index contributed by atoms with van der Waals surface area (Å²) in [6.07, 6.45) is 89.9. The van der Waals surface area contributed by atoms with Crippen molar-refractivity contribution in [2.45, 2.75) is 457 Å². The van der Waals surface area contributed by atoms with Crippen molar-refractivity contribution in [3.63, 3.8) is 0 Å². The summed E-state index contributed by atoms with van der Waals surface area (Å²) < 4.78 is 0. The molecule has 0 atom stereocenters. The molecule has 0 aliphatic heterocycles. The van der Waals surface area contributed by atoms with E-state index >= 15 is 0 Å². The first-order valence-corrected chi connectivity index (χ1v) is 42.2. The summed E-state index contributed by atoms with van der Waals surface area (Å²) in [5, 5.41) is 2.87. The van der Waals surface area contributed by atoms with Crippen LogP contribution in [0, 0.1) is 0 Å². The third kappa shape index (κ3) is 56.2. The van der Waals surface area contributed by atoms with Gasteiger partial charge in [0.1, 0.15) is 0 Å². The Labute approximate surface area is 571 Å². The van der Waals surface area contributed by atoms with Gasteiger partial charge >= 0.3 is 172 Å². The molecular weight excluding hydrogens is 1130 g/mol. The second-order valence-corrected chi connectivity index (χ2v) is 29.9. The Morgan fingerprint density at radius 1 is 0.289 bits per heavy atom. The predicted molar refractivity (Wildman–Crippen MR) is 404 cm³/mol. The summed E-state index contributed by atoms with van der Waals surface area (Å²) in [7, 11) is 0. The average Bonchev–Trinajstić information content (AvgIpc) is 1.89. The van der Waals surface area contributed by atoms with Gasteiger partial charge in [-0.05, 0) is 103 Å². The van der Waals surface area contributed by atoms with Crippen molar-refractivity contribution in [3.8, 4) is 0 Å². The van der Waals surface area contributed by atoms with E-state index in [1.54, 1.807) is 0 Å². The van der Waals surface area contributed by atoms with Crippen LogP contribution in [0.15, 0.2) is 48.0 Å². The zero-order chi connectivity index (χ0) is 64.9. The first-order chi connectivity index (χ1) is 44.5. The SMILES string of the molecule is CCCCCCCCCCCCCCCCCCCCCCCC[CH2][Ni][CH2]CCCCCCCCCCCCCCCCCCCCCCCC.CCCCCCc1cc(CCCCCC)cc(C(=CC(C)=C=[N+]=[N-])c2cc(CCCC)cc(CCCC)c2)c1. The molecule has 2 aromatic carbocycles. The molecule has 2 aromatic rings. The van der Waals surface area contributed by atoms with Crippen LogP contribution in [0.5, 0.6) is 0 Å². The van der Waals surface area contributed by atoms with Gasteiger partial charge in [0.15, 0.2) is 0 Å². The van der Waals surface area contributed by atoms with Crippen molar-refractivity contribution in [1.82, 2.24) is 0 Å². The number of nitrogens with zero attached hydrogens (tertiary/aromatic N) is 2. The monoisotopic (exact) mass is 1290 g/mol. The van der Waals surface area contributed by atoms with Gasteiger partial charge in [0.2, 0.25) is 0 Å². The van der Waals surface area contributed by atoms with Gasteiger partial charge in [0.05, 0.1) is 5.57 Å². The van der Waals surface area contributed by atoms with Gasteiger partial charge in [-0.2, -0.15) is 0 Å². The Kier molecular flexibility index (Phi) is 66.4. The van der Waals surface area contributed by atoms with Crippen molar-refractivity contribution in [2.24, 2.45) is 0 Å². The van der Waals surface area contributed by atoms with Gasteiger partial charge in [-0.25, -0.2) is 0 Å². The molecule has 0 aliphatic rings. The Balaban J connectivity index is 0.000000930. The molecule has 524 valence electrons. The number of benzene rings is 2. The van der Waals surface area contributed by atoms with Crippen molar-refractivity contribution in [2.75, 3.05) is 0 Å². The molecule has 0 unspecified atom stereocenters. The molecule has 0 aliphatic carbocycles. The molecule has 0 bridgehead atoms. The Hall–Kier alpha value is -2.17. The molecule has 0 radical (unpaired) electrons. The topological polar surface area (TPSA) is 36.4 Å². The van der Waals surface area contributed by atoms with Crippen molar-refractivity contribution < 1.29 is 19.2 Å². The van der Waals surface area contributed by atoms with E-state index in [1.807, 2.05) is 6.92 Å². The van der Waals surface area contributed by atoms with E-state index < -0.39 is 0 Å². The number of hydrogen-bond acceptors (Lipinski definition) is 0. The number of aryl methyl sites for hydroxylation is 4. The molecule has 2 rings (SSSR count). The van der Waals surface area contributed by atoms with Crippen LogP contribution >= 0.6 is 0 Å². The predicted octanol–water partition coefficient (Wildman–Crippen LogP) is 30.8. The van der Waals surface area contributed by atoms with E-state index in [9.17, 15) is 5.53 Å². The minimum atomic E-state index is 0.833. The number of allylic oxidation sites excluding steroid dienone is 2. The maximum atomic E-state index is 9.21. The standard InChI is InChI=1S/C37H54N2.2C25H51.Ni/c1-6-10-14-16-20-33-24-34(21-17-15-11-7-2)28-36(27-33)37(22-30(5)29-39-38)35-25-31(18-12-8-3)23-32(26-35)19-13-9-4;2*1-3-5-7-9-11-13-15-17-19-21-23-25-24-22-20-18-16-14-12-10-8-6-4-2;/h22-28H,6-21H2,1-5H3;2*1,3-25H2,2H3;. The van der Waals surface area contributed by atoms with Crippen LogP contribution in [-0.2, 0) is 40.1 Å². The maximum absolute atomic E-state index is 9.21. The minimum Gasteiger partial charge on any atom is -0.348 e. The smallest absolute Gasteiger partial charge is 0.348 e. The number of rotatable bonds is 67. The average molecular weight is 1290 g/mol. The number of hydrogen-bond donors (Lipinski definition) is 0. The van der Waals surface area contributed by atoms with Crippen molar-refractivity contribution in [1.29, 1.82) is 0 Å². The normalized spacial score (nSPS) is 11.6. The van der Waals surface area contributed by atoms with Gasteiger partial charge in [-0.15, -0.1) is 4.79 Å². The van der Waals surface area contributed by atoms with Gasteiger partial charge < -0.3 is 5.53 Å². The Morgan fingerprint density at radius 2 is 0.489 bits per heavy atom. The van der Waals surface area contributed by atoms with Crippen LogP contribution in [0.2, 0.25) is 10.8 Å². The molecule has 0 fully saturated rings. The fraction of sp³-hybridized carbons (Fsp3) is 0.816. The van der Waals surface area contributed by atoms with E-state index in [0.29, 0.717) is 0 Å². The van der Waals surface area contributed by atoms with Crippen molar-refractivity contribution >= 4 is 11.4 Å². The molecule has 3 heteroatoms. The minimum absolute atomic E-state index is 0.833. The van der Waals surface area contributed by atoms with E-state index in [2.05, 4.69) is 109 Å². The van der Waals surface area contributed by atoms with E-state index in [1.165, 1.54) is 422 Å². The first kappa shape index (κ1) is 85.8. The zero-order valence-electron chi connectivity index (χ0n) is 62.0. The van der Waals surface area contributed by atoms with E-state index in [4.69, 9.17) is 0 Å². The number of unbranched alkanes of at least 4 members (excludes halogenated alkanes) is 52. The Morgan fingerprint density at radius 3 is 0.711 bits per heavy atom. The van der Waals surface area contributed by atoms with Crippen molar-refractivity contribution in [3.05, 3.63) is 87.0 Å². The van der Waals surface area contributed by atoms with Gasteiger partial charge in [0.25, 0.3) is 0 Å². The van der Waals surface area contributed by atoms with Gasteiger partial charge in [-0.3, -0.25) is 0 Å². The summed E-state index contributed by atoms with van der Waals surface area (Å²) in [6.45, 7) is 15.7. The van der Waals surface area contributed by atoms with Crippen LogP contribution in [0.4, 0.5) is 0 Å². The molecule has 0 amide bonds. The van der Waals surface area contributed by atoms with Gasteiger partial charge in [-0.1, -0.05) is 283 Å². The fourth-order valence-corrected chi connectivity index (χ4v) is 14.5. The van der Waals surface area contributed by atoms with Crippen LogP contribution in [0.25, 0.3) is 11.1 Å². The molecular formula is C87H156N2Ni. The summed E-state index contributed by atoms with van der Waals surface area (Å²) in [5.41, 5.74) is 19.6. The summed E-state index contributed by atoms with van der Waals surface area (Å²) in [5.74, 6) is 2.76. The molecule has 0 saturated heterocycles. The second-order valence-electron chi connectivity index (χ2n) is 28.4. The van der Waals surface area contributed by atoms with Crippen LogP contribution in [0.1, 0.15) is 454 Å². The van der Waals surface area contributed by atoms with E-state index in [-0.39, 0.29) is 0 Å². The fourth-order valence-electron chi connectivity index (χ4n) is 13.3. The molecule has 90 heavy (non-hydrogen) atoms.